The lowest BCUT2D eigenvalue weighted by Crippen LogP contribution is -1.98. The summed E-state index contributed by atoms with van der Waals surface area (Å²) >= 11 is 0. The van der Waals surface area contributed by atoms with Crippen molar-refractivity contribution in [1.29, 1.82) is 0 Å². The second-order valence-corrected chi connectivity index (χ2v) is 3.88. The molecule has 0 unspecified atom stereocenters. The minimum absolute atomic E-state index is 0.000604. The molecule has 1 aliphatic rings. The van der Waals surface area contributed by atoms with Crippen LogP contribution in [0.4, 0.5) is 11.4 Å². The number of aliphatic hydroxyl groups excluding tert-OH is 1. The quantitative estimate of drug-likeness (QED) is 0.542. The molecule has 1 aromatic carbocycles. The predicted molar refractivity (Wildman–Crippen MR) is 72.1 cm³/mol. The Hall–Kier alpha value is -2.23. The molecular formula is C13H15N3O2. The fourth-order valence-electron chi connectivity index (χ4n) is 1.68. The first-order chi connectivity index (χ1) is 8.72. The number of benzene rings is 1. The fraction of sp³-hybridized carbons (Fsp3) is 0.231. The molecule has 5 heteroatoms. The molecule has 0 atom stereocenters. The van der Waals surface area contributed by atoms with Gasteiger partial charge in [0, 0.05) is 22.5 Å². The van der Waals surface area contributed by atoms with Gasteiger partial charge in [0.05, 0.1) is 25.0 Å². The Bertz CT molecular complexity index is 543. The third kappa shape index (κ3) is 2.53. The van der Waals surface area contributed by atoms with E-state index in [4.69, 9.17) is 21.3 Å². The molecule has 94 valence electrons. The number of hydrogen-bond acceptors (Lipinski definition) is 5. The molecule has 18 heavy (non-hydrogen) atoms. The van der Waals surface area contributed by atoms with Gasteiger partial charge in [0.25, 0.3) is 0 Å². The standard InChI is InChI=1S/C13H15N3O2/c14-10-1-2-13(15)11(5-10)12-8-18-7-9(12)6-16-3-4-17/h1-2,5,8,17H,3-4,7,14-15H2. The highest BCUT2D eigenvalue weighted by Gasteiger charge is 2.17. The highest BCUT2D eigenvalue weighted by molar-refractivity contribution is 5.93. The Kier molecular flexibility index (Phi) is 3.67. The van der Waals surface area contributed by atoms with Crippen molar-refractivity contribution in [3.05, 3.63) is 35.6 Å². The minimum atomic E-state index is 0.000604. The Balaban J connectivity index is 2.38. The van der Waals surface area contributed by atoms with Gasteiger partial charge < -0.3 is 21.3 Å². The number of aliphatic hydroxyl groups is 1. The summed E-state index contributed by atoms with van der Waals surface area (Å²) in [5.74, 6) is 2.87. The molecule has 0 spiro atoms. The SMILES string of the molecule is Nc1ccc(N)c(C2=COCC2=C=NCCO)c1. The van der Waals surface area contributed by atoms with Crippen molar-refractivity contribution in [2.24, 2.45) is 4.99 Å². The van der Waals surface area contributed by atoms with Crippen LogP contribution < -0.4 is 11.5 Å². The van der Waals surface area contributed by atoms with Gasteiger partial charge in [-0.1, -0.05) is 0 Å². The Labute approximate surface area is 105 Å². The van der Waals surface area contributed by atoms with Gasteiger partial charge in [-0.05, 0) is 24.1 Å². The Morgan fingerprint density at radius 2 is 2.22 bits per heavy atom. The monoisotopic (exact) mass is 245 g/mol. The van der Waals surface area contributed by atoms with E-state index in [9.17, 15) is 0 Å². The first-order valence-electron chi connectivity index (χ1n) is 5.59. The van der Waals surface area contributed by atoms with Crippen molar-refractivity contribution in [3.63, 3.8) is 0 Å². The number of nitrogens with two attached hydrogens (primary N) is 2. The maximum atomic E-state index is 8.68. The van der Waals surface area contributed by atoms with Crippen molar-refractivity contribution in [3.8, 4) is 0 Å². The van der Waals surface area contributed by atoms with Crippen LogP contribution in [0.1, 0.15) is 5.56 Å². The van der Waals surface area contributed by atoms with Gasteiger partial charge in [0.1, 0.15) is 6.61 Å². The minimum Gasteiger partial charge on any atom is -0.495 e. The molecule has 0 fully saturated rings. The lowest BCUT2D eigenvalue weighted by Gasteiger charge is -2.06. The number of anilines is 2. The van der Waals surface area contributed by atoms with Crippen molar-refractivity contribution < 1.29 is 9.84 Å². The molecule has 5 nitrogen and oxygen atoms in total. The molecule has 1 heterocycles. The number of nitrogens with zero attached hydrogens (tertiary/aromatic N) is 1. The summed E-state index contributed by atoms with van der Waals surface area (Å²) < 4.78 is 5.27. The van der Waals surface area contributed by atoms with E-state index >= 15 is 0 Å². The van der Waals surface area contributed by atoms with E-state index in [2.05, 4.69) is 10.9 Å². The van der Waals surface area contributed by atoms with E-state index < -0.39 is 0 Å². The summed E-state index contributed by atoms with van der Waals surface area (Å²) in [6.45, 7) is 0.725. The molecule has 2 rings (SSSR count). The average molecular weight is 245 g/mol. The maximum Gasteiger partial charge on any atom is 0.122 e. The van der Waals surface area contributed by atoms with Crippen molar-refractivity contribution >= 4 is 22.8 Å². The number of hydrogen-bond donors (Lipinski definition) is 3. The van der Waals surface area contributed by atoms with Gasteiger partial charge in [-0.3, -0.25) is 0 Å². The van der Waals surface area contributed by atoms with E-state index in [0.29, 0.717) is 24.5 Å². The molecule has 0 aliphatic carbocycles. The van der Waals surface area contributed by atoms with Gasteiger partial charge in [-0.25, -0.2) is 4.99 Å². The molecule has 0 radical (unpaired) electrons. The third-order valence-electron chi connectivity index (χ3n) is 2.55. The summed E-state index contributed by atoms with van der Waals surface area (Å²) in [5.41, 5.74) is 15.4. The molecular weight excluding hydrogens is 230 g/mol. The number of nitrogen functional groups attached to an aromatic ring is 2. The summed E-state index contributed by atoms with van der Waals surface area (Å²) in [7, 11) is 0. The van der Waals surface area contributed by atoms with Crippen LogP contribution in [0.2, 0.25) is 0 Å². The van der Waals surface area contributed by atoms with Gasteiger partial charge in [0.15, 0.2) is 0 Å². The van der Waals surface area contributed by atoms with E-state index in [-0.39, 0.29) is 6.61 Å². The van der Waals surface area contributed by atoms with E-state index in [1.54, 1.807) is 24.5 Å². The molecule has 1 aromatic rings. The second-order valence-electron chi connectivity index (χ2n) is 3.88. The Morgan fingerprint density at radius 1 is 1.39 bits per heavy atom. The number of ether oxygens (including phenoxy) is 1. The number of rotatable bonds is 3. The summed E-state index contributed by atoms with van der Waals surface area (Å²) in [4.78, 5) is 3.97. The van der Waals surface area contributed by atoms with Gasteiger partial charge in [-0.15, -0.1) is 0 Å². The van der Waals surface area contributed by atoms with Crippen LogP contribution in [0.5, 0.6) is 0 Å². The highest BCUT2D eigenvalue weighted by atomic mass is 16.5. The topological polar surface area (TPSA) is 93.9 Å². The van der Waals surface area contributed by atoms with Gasteiger partial charge >= 0.3 is 0 Å². The van der Waals surface area contributed by atoms with Crippen LogP contribution in [-0.2, 0) is 4.74 Å². The molecule has 0 saturated heterocycles. The summed E-state index contributed by atoms with van der Waals surface area (Å²) in [6.07, 6.45) is 1.63. The zero-order valence-corrected chi connectivity index (χ0v) is 9.89. The van der Waals surface area contributed by atoms with Crippen LogP contribution in [0.15, 0.2) is 35.0 Å². The summed E-state index contributed by atoms with van der Waals surface area (Å²) in [6, 6.07) is 5.30. The summed E-state index contributed by atoms with van der Waals surface area (Å²) in [5, 5.41) is 8.68. The largest absolute Gasteiger partial charge is 0.495 e. The van der Waals surface area contributed by atoms with Gasteiger partial charge in [-0.2, -0.15) is 0 Å². The third-order valence-corrected chi connectivity index (χ3v) is 2.55. The maximum absolute atomic E-state index is 8.68. The average Bonchev–Trinajstić information content (AvgIpc) is 2.81. The van der Waals surface area contributed by atoms with Crippen molar-refractivity contribution in [2.45, 2.75) is 0 Å². The normalized spacial score (nSPS) is 13.8. The predicted octanol–water partition coefficient (Wildman–Crippen LogP) is 0.810. The van der Waals surface area contributed by atoms with Crippen LogP contribution in [0.3, 0.4) is 0 Å². The van der Waals surface area contributed by atoms with Gasteiger partial charge in [0.2, 0.25) is 0 Å². The van der Waals surface area contributed by atoms with Crippen molar-refractivity contribution in [2.75, 3.05) is 31.2 Å². The van der Waals surface area contributed by atoms with E-state index in [1.165, 1.54) is 0 Å². The Morgan fingerprint density at radius 3 is 3.00 bits per heavy atom. The lowest BCUT2D eigenvalue weighted by atomic mass is 9.99. The second kappa shape index (κ2) is 5.40. The number of aliphatic imine (C=N–C) groups is 1. The first-order valence-corrected chi connectivity index (χ1v) is 5.59. The molecule has 1 aliphatic heterocycles. The van der Waals surface area contributed by atoms with Crippen LogP contribution >= 0.6 is 0 Å². The zero-order valence-electron chi connectivity index (χ0n) is 9.89. The zero-order chi connectivity index (χ0) is 13.0. The van der Waals surface area contributed by atoms with Crippen LogP contribution in [0, 0.1) is 0 Å². The van der Waals surface area contributed by atoms with E-state index in [0.717, 1.165) is 16.7 Å². The highest BCUT2D eigenvalue weighted by Crippen LogP contribution is 2.31. The molecule has 0 bridgehead atoms. The lowest BCUT2D eigenvalue weighted by molar-refractivity contribution is 0.302. The van der Waals surface area contributed by atoms with Crippen molar-refractivity contribution in [1.82, 2.24) is 0 Å². The van der Waals surface area contributed by atoms with Crippen LogP contribution in [0.25, 0.3) is 5.57 Å². The van der Waals surface area contributed by atoms with Crippen LogP contribution in [-0.4, -0.2) is 30.7 Å². The van der Waals surface area contributed by atoms with E-state index in [1.807, 2.05) is 0 Å². The first kappa shape index (κ1) is 12.2. The molecule has 5 N–H and O–H groups in total. The molecule has 0 saturated carbocycles. The smallest absolute Gasteiger partial charge is 0.122 e. The molecule has 0 amide bonds. The molecule has 0 aromatic heterocycles. The fourth-order valence-corrected chi connectivity index (χ4v) is 1.68.